The Labute approximate surface area is 234 Å². The van der Waals surface area contributed by atoms with Crippen molar-refractivity contribution in [3.8, 4) is 11.3 Å². The molecule has 1 amide bonds. The molecular formula is C27H27Cl2FN2O5S. The number of nitrogens with one attached hydrogen (secondary N) is 1. The summed E-state index contributed by atoms with van der Waals surface area (Å²) < 4.78 is 25.8. The largest absolute Gasteiger partial charge is 0.490 e. The van der Waals surface area contributed by atoms with E-state index < -0.39 is 17.7 Å². The minimum absolute atomic E-state index is 0.0591. The number of ether oxygens (including phenoxy) is 2. The second-order valence-corrected chi connectivity index (χ2v) is 9.96. The van der Waals surface area contributed by atoms with Crippen molar-refractivity contribution in [2.24, 2.45) is 0 Å². The molecule has 0 spiro atoms. The molecule has 2 aromatic carbocycles. The lowest BCUT2D eigenvalue weighted by molar-refractivity contribution is -0.135. The summed E-state index contributed by atoms with van der Waals surface area (Å²) in [7, 11) is 2.78. The first-order valence-electron chi connectivity index (χ1n) is 11.8. The lowest BCUT2D eigenvalue weighted by atomic mass is 9.99. The molecule has 1 aromatic heterocycles. The zero-order chi connectivity index (χ0) is 27.8. The van der Waals surface area contributed by atoms with Gasteiger partial charge in [0.15, 0.2) is 5.13 Å². The number of carbonyl (C=O) groups excluding carboxylic acids is 1. The van der Waals surface area contributed by atoms with Crippen LogP contribution in [0, 0.1) is 5.82 Å². The Morgan fingerprint density at radius 1 is 1.21 bits per heavy atom. The van der Waals surface area contributed by atoms with Gasteiger partial charge in [0, 0.05) is 34.7 Å². The Morgan fingerprint density at radius 3 is 2.53 bits per heavy atom. The molecule has 0 saturated heterocycles. The van der Waals surface area contributed by atoms with Crippen LogP contribution < -0.4 is 5.32 Å². The summed E-state index contributed by atoms with van der Waals surface area (Å²) >= 11 is 13.7. The van der Waals surface area contributed by atoms with Gasteiger partial charge in [-0.15, -0.1) is 11.3 Å². The first-order valence-corrected chi connectivity index (χ1v) is 13.4. The van der Waals surface area contributed by atoms with Gasteiger partial charge < -0.3 is 14.6 Å². The predicted octanol–water partition coefficient (Wildman–Crippen LogP) is 7.85. The van der Waals surface area contributed by atoms with E-state index in [1.54, 1.807) is 30.7 Å². The van der Waals surface area contributed by atoms with Crippen molar-refractivity contribution in [2.75, 3.05) is 19.5 Å². The van der Waals surface area contributed by atoms with E-state index in [0.29, 0.717) is 23.2 Å². The Morgan fingerprint density at radius 2 is 1.92 bits per heavy atom. The number of carbonyl (C=O) groups is 2. The third kappa shape index (κ3) is 7.11. The number of aliphatic carboxylic acids is 1. The van der Waals surface area contributed by atoms with Crippen LogP contribution in [0.25, 0.3) is 17.3 Å². The maximum Gasteiger partial charge on any atom is 0.371 e. The van der Waals surface area contributed by atoms with Crippen molar-refractivity contribution in [1.29, 1.82) is 0 Å². The first kappa shape index (κ1) is 29.6. The molecule has 0 fully saturated rings. The van der Waals surface area contributed by atoms with Crippen LogP contribution in [-0.2, 0) is 14.3 Å². The summed E-state index contributed by atoms with van der Waals surface area (Å²) in [6.07, 6.45) is 4.56. The van der Waals surface area contributed by atoms with E-state index in [0.717, 1.165) is 30.6 Å². The van der Waals surface area contributed by atoms with Gasteiger partial charge in [-0.1, -0.05) is 61.5 Å². The summed E-state index contributed by atoms with van der Waals surface area (Å²) in [6.45, 7) is 2.11. The molecule has 0 saturated carbocycles. The Kier molecular flexibility index (Phi) is 10.7. The minimum Gasteiger partial charge on any atom is -0.490 e. The number of benzene rings is 2. The third-order valence-electron chi connectivity index (χ3n) is 5.78. The number of nitrogens with zero attached hydrogens (tertiary/aromatic N) is 1. The van der Waals surface area contributed by atoms with Crippen LogP contribution >= 0.6 is 34.5 Å². The number of carboxylic acids is 1. The molecule has 0 aliphatic heterocycles. The number of hydrogen-bond donors (Lipinski definition) is 2. The van der Waals surface area contributed by atoms with Crippen LogP contribution in [0.5, 0.6) is 0 Å². The minimum atomic E-state index is -1.29. The van der Waals surface area contributed by atoms with E-state index in [1.165, 1.54) is 25.3 Å². The fourth-order valence-corrected chi connectivity index (χ4v) is 5.09. The molecule has 0 bridgehead atoms. The summed E-state index contributed by atoms with van der Waals surface area (Å²) in [5.74, 6) is -2.61. The number of aromatic nitrogens is 1. The van der Waals surface area contributed by atoms with E-state index in [4.69, 9.17) is 37.8 Å². The van der Waals surface area contributed by atoms with E-state index in [1.807, 2.05) is 0 Å². The zero-order valence-electron chi connectivity index (χ0n) is 21.0. The van der Waals surface area contributed by atoms with Crippen molar-refractivity contribution in [2.45, 2.75) is 38.7 Å². The van der Waals surface area contributed by atoms with E-state index in [9.17, 15) is 9.59 Å². The molecular weight excluding hydrogens is 554 g/mol. The Balaban J connectivity index is 1.81. The van der Waals surface area contributed by atoms with E-state index >= 15 is 4.39 Å². The quantitative estimate of drug-likeness (QED) is 0.128. The average molecular weight is 581 g/mol. The average Bonchev–Trinajstić information content (AvgIpc) is 3.34. The Bertz CT molecular complexity index is 1320. The highest BCUT2D eigenvalue weighted by Crippen LogP contribution is 2.34. The van der Waals surface area contributed by atoms with E-state index in [-0.39, 0.29) is 38.2 Å². The molecule has 1 atom stereocenters. The molecule has 3 aromatic rings. The molecule has 1 unspecified atom stereocenters. The summed E-state index contributed by atoms with van der Waals surface area (Å²) in [4.78, 5) is 28.4. The molecule has 11 heteroatoms. The number of thiazole rings is 1. The second-order valence-electron chi connectivity index (χ2n) is 8.29. The van der Waals surface area contributed by atoms with Crippen molar-refractivity contribution < 1.29 is 28.6 Å². The highest BCUT2D eigenvalue weighted by atomic mass is 35.5. The third-order valence-corrected chi connectivity index (χ3v) is 7.16. The van der Waals surface area contributed by atoms with Gasteiger partial charge in [-0.3, -0.25) is 10.1 Å². The van der Waals surface area contributed by atoms with Crippen LogP contribution in [0.4, 0.5) is 9.52 Å². The van der Waals surface area contributed by atoms with Gasteiger partial charge in [0.2, 0.25) is 5.76 Å². The SMILES string of the molecule is CCCCCC(OC)c1cccc(-c2csc(NC(=O)c3cc(Cl)c(/C=C(\OC)C(=O)O)c(Cl)c3)n2)c1F. The van der Waals surface area contributed by atoms with Crippen molar-refractivity contribution in [1.82, 2.24) is 4.98 Å². The number of hydrogen-bond acceptors (Lipinski definition) is 6. The highest BCUT2D eigenvalue weighted by molar-refractivity contribution is 7.14. The zero-order valence-corrected chi connectivity index (χ0v) is 23.3. The number of unbranched alkanes of at least 4 members (excludes halogenated alkanes) is 2. The van der Waals surface area contributed by atoms with Gasteiger partial charge >= 0.3 is 5.97 Å². The summed E-state index contributed by atoms with van der Waals surface area (Å²) in [6, 6.07) is 7.81. The molecule has 3 rings (SSSR count). The number of rotatable bonds is 12. The van der Waals surface area contributed by atoms with Crippen molar-refractivity contribution >= 4 is 57.6 Å². The molecule has 0 aliphatic rings. The first-order chi connectivity index (χ1) is 18.2. The van der Waals surface area contributed by atoms with Crippen LogP contribution in [0.1, 0.15) is 60.2 Å². The predicted molar refractivity (Wildman–Crippen MR) is 148 cm³/mol. The summed E-state index contributed by atoms with van der Waals surface area (Å²) in [5.41, 5.74) is 1.49. The van der Waals surface area contributed by atoms with Crippen molar-refractivity contribution in [3.63, 3.8) is 0 Å². The van der Waals surface area contributed by atoms with Crippen molar-refractivity contribution in [3.05, 3.63) is 74.0 Å². The number of anilines is 1. The molecule has 0 radical (unpaired) electrons. The normalized spacial score (nSPS) is 12.3. The monoisotopic (exact) mass is 580 g/mol. The van der Waals surface area contributed by atoms with Gasteiger partial charge in [-0.05, 0) is 30.7 Å². The fraction of sp³-hybridized carbons (Fsp3) is 0.296. The number of amides is 1. The maximum atomic E-state index is 15.5. The lowest BCUT2D eigenvalue weighted by Gasteiger charge is -2.17. The molecule has 2 N–H and O–H groups in total. The standard InChI is InChI=1S/C27H27Cl2FN2O5S/c1-4-5-6-10-22(36-2)17-9-7-8-16(24(17)30)21-14-38-27(31-21)32-25(33)15-11-19(28)18(20(29)12-15)13-23(37-3)26(34)35/h7-9,11-14,22H,4-6,10H2,1-3H3,(H,34,35)(H,31,32,33)/b23-13-. The molecule has 202 valence electrons. The van der Waals surface area contributed by atoms with Gasteiger partial charge in [-0.25, -0.2) is 14.2 Å². The van der Waals surface area contributed by atoms with Gasteiger partial charge in [0.05, 0.1) is 29.0 Å². The van der Waals surface area contributed by atoms with E-state index in [2.05, 4.69) is 17.2 Å². The highest BCUT2D eigenvalue weighted by Gasteiger charge is 2.20. The molecule has 0 aliphatic carbocycles. The van der Waals surface area contributed by atoms with Crippen LogP contribution in [-0.4, -0.2) is 36.2 Å². The number of carboxylic acid groups (broad SMARTS) is 1. The van der Waals surface area contributed by atoms with Crippen LogP contribution in [0.3, 0.4) is 0 Å². The maximum absolute atomic E-state index is 15.5. The van der Waals surface area contributed by atoms with Gasteiger partial charge in [-0.2, -0.15) is 0 Å². The molecule has 1 heterocycles. The van der Waals surface area contributed by atoms with Crippen LogP contribution in [0.2, 0.25) is 10.0 Å². The van der Waals surface area contributed by atoms with Gasteiger partial charge in [0.25, 0.3) is 5.91 Å². The fourth-order valence-electron chi connectivity index (χ4n) is 3.79. The smallest absolute Gasteiger partial charge is 0.371 e. The topological polar surface area (TPSA) is 97.8 Å². The molecule has 38 heavy (non-hydrogen) atoms. The number of halogens is 3. The second kappa shape index (κ2) is 13.7. The lowest BCUT2D eigenvalue weighted by Crippen LogP contribution is -2.12. The Hall–Kier alpha value is -2.98. The summed E-state index contributed by atoms with van der Waals surface area (Å²) in [5, 5.41) is 13.8. The van der Waals surface area contributed by atoms with Crippen LogP contribution in [0.15, 0.2) is 41.5 Å². The van der Waals surface area contributed by atoms with Gasteiger partial charge in [0.1, 0.15) is 5.82 Å². The molecule has 7 nitrogen and oxygen atoms in total. The number of methoxy groups -OCH3 is 2.